The number of amides is 1. The fourth-order valence-electron chi connectivity index (χ4n) is 1.27. The van der Waals surface area contributed by atoms with Gasteiger partial charge < -0.3 is 10.6 Å². The minimum Gasteiger partial charge on any atom is -0.368 e. The lowest BCUT2D eigenvalue weighted by Gasteiger charge is -2.17. The SMILES string of the molecule is CN(CC(N)=O)c1ccc(S(C)(=O)=O)cc1. The van der Waals surface area contributed by atoms with Crippen LogP contribution in [0.4, 0.5) is 5.69 Å². The van der Waals surface area contributed by atoms with Crippen LogP contribution in [0.25, 0.3) is 0 Å². The van der Waals surface area contributed by atoms with E-state index in [0.717, 1.165) is 11.9 Å². The average Bonchev–Trinajstić information content (AvgIpc) is 2.15. The first kappa shape index (κ1) is 12.5. The van der Waals surface area contributed by atoms with Gasteiger partial charge in [-0.3, -0.25) is 4.79 Å². The molecule has 5 nitrogen and oxygen atoms in total. The third kappa shape index (κ3) is 3.23. The van der Waals surface area contributed by atoms with E-state index in [1.165, 1.54) is 12.1 Å². The third-order valence-electron chi connectivity index (χ3n) is 2.10. The summed E-state index contributed by atoms with van der Waals surface area (Å²) in [5, 5.41) is 0. The normalized spacial score (nSPS) is 11.1. The van der Waals surface area contributed by atoms with Gasteiger partial charge in [-0.2, -0.15) is 0 Å². The molecule has 0 spiro atoms. The molecule has 1 rings (SSSR count). The number of hydrogen-bond acceptors (Lipinski definition) is 4. The second-order valence-corrected chi connectivity index (χ2v) is 5.60. The molecule has 0 radical (unpaired) electrons. The summed E-state index contributed by atoms with van der Waals surface area (Å²) in [6.45, 7) is 0.0955. The summed E-state index contributed by atoms with van der Waals surface area (Å²) >= 11 is 0. The summed E-state index contributed by atoms with van der Waals surface area (Å²) in [6.07, 6.45) is 1.15. The van der Waals surface area contributed by atoms with Crippen molar-refractivity contribution in [2.45, 2.75) is 4.90 Å². The first-order valence-corrected chi connectivity index (χ1v) is 6.49. The zero-order valence-electron chi connectivity index (χ0n) is 9.17. The van der Waals surface area contributed by atoms with E-state index >= 15 is 0 Å². The van der Waals surface area contributed by atoms with Crippen molar-refractivity contribution in [1.29, 1.82) is 0 Å². The van der Waals surface area contributed by atoms with Crippen LogP contribution in [0.15, 0.2) is 29.2 Å². The van der Waals surface area contributed by atoms with Crippen LogP contribution in [0.1, 0.15) is 0 Å². The number of rotatable bonds is 4. The first-order valence-electron chi connectivity index (χ1n) is 4.60. The van der Waals surface area contributed by atoms with Crippen LogP contribution in [0.5, 0.6) is 0 Å². The average molecular weight is 242 g/mol. The van der Waals surface area contributed by atoms with Gasteiger partial charge in [0, 0.05) is 19.0 Å². The maximum Gasteiger partial charge on any atom is 0.236 e. The van der Waals surface area contributed by atoms with Crippen molar-refractivity contribution in [2.75, 3.05) is 24.7 Å². The molecule has 0 saturated carbocycles. The van der Waals surface area contributed by atoms with E-state index < -0.39 is 15.7 Å². The van der Waals surface area contributed by atoms with Crippen molar-refractivity contribution in [3.05, 3.63) is 24.3 Å². The summed E-state index contributed by atoms with van der Waals surface area (Å²) < 4.78 is 22.4. The lowest BCUT2D eigenvalue weighted by Crippen LogP contribution is -2.30. The number of sulfone groups is 1. The Bertz CT molecular complexity index is 479. The largest absolute Gasteiger partial charge is 0.368 e. The van der Waals surface area contributed by atoms with E-state index in [0.29, 0.717) is 0 Å². The Kier molecular flexibility index (Phi) is 3.54. The summed E-state index contributed by atoms with van der Waals surface area (Å²) in [7, 11) is -1.47. The molecule has 1 aromatic carbocycles. The molecule has 0 atom stereocenters. The number of nitrogens with two attached hydrogens (primary N) is 1. The molecular formula is C10H14N2O3S. The molecule has 0 fully saturated rings. The molecule has 1 aromatic rings. The number of benzene rings is 1. The predicted molar refractivity (Wildman–Crippen MR) is 62.0 cm³/mol. The van der Waals surface area contributed by atoms with Crippen molar-refractivity contribution in [1.82, 2.24) is 0 Å². The molecule has 6 heteroatoms. The van der Waals surface area contributed by atoms with Gasteiger partial charge in [0.05, 0.1) is 11.4 Å². The van der Waals surface area contributed by atoms with E-state index in [2.05, 4.69) is 0 Å². The lowest BCUT2D eigenvalue weighted by atomic mass is 10.3. The topological polar surface area (TPSA) is 80.5 Å². The van der Waals surface area contributed by atoms with E-state index in [-0.39, 0.29) is 11.4 Å². The van der Waals surface area contributed by atoms with Crippen LogP contribution >= 0.6 is 0 Å². The third-order valence-corrected chi connectivity index (χ3v) is 3.23. The highest BCUT2D eigenvalue weighted by Crippen LogP contribution is 2.16. The number of carbonyl (C=O) groups excluding carboxylic acids is 1. The second kappa shape index (κ2) is 4.52. The Morgan fingerprint density at radius 3 is 2.19 bits per heavy atom. The minimum atomic E-state index is -3.18. The number of hydrogen-bond donors (Lipinski definition) is 1. The van der Waals surface area contributed by atoms with Gasteiger partial charge in [0.2, 0.25) is 5.91 Å². The van der Waals surface area contributed by atoms with Gasteiger partial charge >= 0.3 is 0 Å². The zero-order chi connectivity index (χ0) is 12.3. The fourth-order valence-corrected chi connectivity index (χ4v) is 1.90. The standard InChI is InChI=1S/C10H14N2O3S/c1-12(7-10(11)13)8-3-5-9(6-4-8)16(2,14)15/h3-6H,7H2,1-2H3,(H2,11,13). The summed E-state index contributed by atoms with van der Waals surface area (Å²) in [5.74, 6) is -0.435. The molecule has 0 aliphatic heterocycles. The molecule has 0 bridgehead atoms. The molecule has 0 aromatic heterocycles. The van der Waals surface area contributed by atoms with Crippen LogP contribution in [-0.4, -0.2) is 34.2 Å². The van der Waals surface area contributed by atoms with Gasteiger partial charge in [0.15, 0.2) is 9.84 Å². The van der Waals surface area contributed by atoms with Gasteiger partial charge in [-0.1, -0.05) is 0 Å². The maximum atomic E-state index is 11.2. The zero-order valence-corrected chi connectivity index (χ0v) is 9.99. The van der Waals surface area contributed by atoms with Crippen molar-refractivity contribution < 1.29 is 13.2 Å². The van der Waals surface area contributed by atoms with Crippen LogP contribution in [0.3, 0.4) is 0 Å². The van der Waals surface area contributed by atoms with E-state index in [9.17, 15) is 13.2 Å². The Morgan fingerprint density at radius 2 is 1.81 bits per heavy atom. The smallest absolute Gasteiger partial charge is 0.236 e. The van der Waals surface area contributed by atoms with Crippen LogP contribution < -0.4 is 10.6 Å². The fraction of sp³-hybridized carbons (Fsp3) is 0.300. The Hall–Kier alpha value is -1.56. The predicted octanol–water partition coefficient (Wildman–Crippen LogP) is 0.0116. The molecule has 88 valence electrons. The van der Waals surface area contributed by atoms with Gasteiger partial charge in [-0.05, 0) is 24.3 Å². The molecular weight excluding hydrogens is 228 g/mol. The number of primary amides is 1. The van der Waals surface area contributed by atoms with Crippen LogP contribution in [0, 0.1) is 0 Å². The van der Waals surface area contributed by atoms with E-state index in [1.807, 2.05) is 0 Å². The van der Waals surface area contributed by atoms with Crippen LogP contribution in [0.2, 0.25) is 0 Å². The number of likely N-dealkylation sites (N-methyl/N-ethyl adjacent to an activating group) is 1. The second-order valence-electron chi connectivity index (χ2n) is 3.59. The summed E-state index contributed by atoms with van der Waals surface area (Å²) in [6, 6.07) is 6.28. The number of nitrogens with zero attached hydrogens (tertiary/aromatic N) is 1. The van der Waals surface area contributed by atoms with Crippen molar-refractivity contribution >= 4 is 21.4 Å². The molecule has 16 heavy (non-hydrogen) atoms. The lowest BCUT2D eigenvalue weighted by molar-refractivity contribution is -0.116. The Labute approximate surface area is 94.8 Å². The Morgan fingerprint density at radius 1 is 1.31 bits per heavy atom. The molecule has 2 N–H and O–H groups in total. The highest BCUT2D eigenvalue weighted by atomic mass is 32.2. The molecule has 0 unspecified atom stereocenters. The van der Waals surface area contributed by atoms with Crippen molar-refractivity contribution in [3.8, 4) is 0 Å². The molecule has 0 heterocycles. The Balaban J connectivity index is 2.91. The molecule has 0 aliphatic rings. The molecule has 1 amide bonds. The monoisotopic (exact) mass is 242 g/mol. The van der Waals surface area contributed by atoms with Crippen LogP contribution in [-0.2, 0) is 14.6 Å². The van der Waals surface area contributed by atoms with E-state index in [4.69, 9.17) is 5.73 Å². The van der Waals surface area contributed by atoms with E-state index in [1.54, 1.807) is 24.1 Å². The summed E-state index contributed by atoms with van der Waals surface area (Å²) in [4.78, 5) is 12.6. The van der Waals surface area contributed by atoms with Crippen molar-refractivity contribution in [3.63, 3.8) is 0 Å². The van der Waals surface area contributed by atoms with Gasteiger partial charge in [0.25, 0.3) is 0 Å². The van der Waals surface area contributed by atoms with Gasteiger partial charge in [0.1, 0.15) is 0 Å². The van der Waals surface area contributed by atoms with Crippen molar-refractivity contribution in [2.24, 2.45) is 5.73 Å². The van der Waals surface area contributed by atoms with Gasteiger partial charge in [-0.15, -0.1) is 0 Å². The highest BCUT2D eigenvalue weighted by molar-refractivity contribution is 7.90. The quantitative estimate of drug-likeness (QED) is 0.806. The number of anilines is 1. The molecule has 0 saturated heterocycles. The number of carbonyl (C=O) groups is 1. The van der Waals surface area contributed by atoms with Gasteiger partial charge in [-0.25, -0.2) is 8.42 Å². The molecule has 0 aliphatic carbocycles. The highest BCUT2D eigenvalue weighted by Gasteiger charge is 2.08. The maximum absolute atomic E-state index is 11.2. The summed E-state index contributed by atoms with van der Waals surface area (Å²) in [5.41, 5.74) is 5.80. The first-order chi connectivity index (χ1) is 7.30. The minimum absolute atomic E-state index is 0.0955.